The van der Waals surface area contributed by atoms with E-state index in [4.69, 9.17) is 0 Å². The van der Waals surface area contributed by atoms with E-state index in [1.165, 1.54) is 0 Å². The molecular weight excluding hydrogens is 671 g/mol. The van der Waals surface area contributed by atoms with Crippen molar-refractivity contribution < 1.29 is 70.3 Å². The van der Waals surface area contributed by atoms with Crippen LogP contribution in [0.25, 0.3) is 60.0 Å². The maximum absolute atomic E-state index is 14.6. The van der Waals surface area contributed by atoms with E-state index in [2.05, 4.69) is 24.4 Å². The molecule has 5 heterocycles. The molecule has 0 unspecified atom stereocenters. The molecule has 0 atom stereocenters. The van der Waals surface area contributed by atoms with Crippen LogP contribution in [-0.4, -0.2) is 24.3 Å². The first-order chi connectivity index (χ1) is 21.0. The summed E-state index contributed by atoms with van der Waals surface area (Å²) in [7, 11) is 0. The highest BCUT2D eigenvalue weighted by Crippen LogP contribution is 2.54. The number of hydrogen-bond acceptors (Lipinski definition) is 5. The van der Waals surface area contributed by atoms with Crippen LogP contribution in [0.5, 0.6) is 0 Å². The van der Waals surface area contributed by atoms with Crippen molar-refractivity contribution in [3.8, 4) is 0 Å². The highest BCUT2D eigenvalue weighted by Gasteiger charge is 2.49. The van der Waals surface area contributed by atoms with Gasteiger partial charge in [0.05, 0.1) is 43.9 Å². The minimum Gasteiger partial charge on any atom is -0.445 e. The Morgan fingerprint density at radius 1 is 0.478 bits per heavy atom. The van der Waals surface area contributed by atoms with Gasteiger partial charge in [0.2, 0.25) is 23.2 Å². The molecule has 0 saturated carbocycles. The minimum atomic E-state index is -5.95. The number of rotatable bonds is 0. The van der Waals surface area contributed by atoms with Gasteiger partial charge in [0.1, 0.15) is 5.52 Å². The zero-order valence-electron chi connectivity index (χ0n) is 21.1. The normalized spacial score (nSPS) is 14.4. The van der Waals surface area contributed by atoms with Crippen LogP contribution < -0.4 is 0 Å². The average Bonchev–Trinajstić information content (AvgIpc) is 3.49. The standard InChI is InChI=1S/C25H4F15N5O/c26-21(27,28)11-5-3-1-2-4-45(5)16-10(11)14-6-7-13(42-20(25(38,39)40)44-15(7)16)9-8(12(6)41-19(43-14)24(35,36)37)17(22(29,30)31)46-18(9)23(32,33)34/h1-4H. The lowest BCUT2D eigenvalue weighted by atomic mass is 9.94. The van der Waals surface area contributed by atoms with Gasteiger partial charge in [-0.15, -0.1) is 0 Å². The number of aromatic nitrogens is 5. The van der Waals surface area contributed by atoms with E-state index in [9.17, 15) is 65.9 Å². The van der Waals surface area contributed by atoms with Gasteiger partial charge in [-0.3, -0.25) is 0 Å². The van der Waals surface area contributed by atoms with E-state index in [1.807, 2.05) is 0 Å². The van der Waals surface area contributed by atoms with E-state index < -0.39 is 120 Å². The molecule has 0 spiro atoms. The van der Waals surface area contributed by atoms with Crippen molar-refractivity contribution in [3.63, 3.8) is 0 Å². The van der Waals surface area contributed by atoms with Crippen molar-refractivity contribution in [1.29, 1.82) is 0 Å². The SMILES string of the molecule is FC(F)(F)c1nc2c3c(C(F)(F)F)oc(C(F)(F)F)c3c3nc(C(F)(F)F)nc4c3c2c(n1)c1c(C(F)(F)F)c2ccccn2c41. The van der Waals surface area contributed by atoms with E-state index in [1.54, 1.807) is 0 Å². The van der Waals surface area contributed by atoms with Gasteiger partial charge in [0.25, 0.3) is 0 Å². The Bertz CT molecular complexity index is 2410. The van der Waals surface area contributed by atoms with Gasteiger partial charge in [-0.05, 0) is 12.1 Å². The average molecular weight is 675 g/mol. The van der Waals surface area contributed by atoms with Gasteiger partial charge in [0.15, 0.2) is 0 Å². The van der Waals surface area contributed by atoms with Gasteiger partial charge in [-0.1, -0.05) is 6.07 Å². The minimum absolute atomic E-state index is 0.565. The monoisotopic (exact) mass is 675 g/mol. The molecule has 240 valence electrons. The van der Waals surface area contributed by atoms with Gasteiger partial charge in [-0.2, -0.15) is 65.9 Å². The number of pyridine rings is 1. The van der Waals surface area contributed by atoms with Crippen molar-refractivity contribution in [3.05, 3.63) is 53.1 Å². The van der Waals surface area contributed by atoms with Gasteiger partial charge in [0, 0.05) is 22.4 Å². The lowest BCUT2D eigenvalue weighted by molar-refractivity contribution is -0.169. The lowest BCUT2D eigenvalue weighted by Gasteiger charge is -2.17. The molecule has 0 amide bonds. The summed E-state index contributed by atoms with van der Waals surface area (Å²) in [4.78, 5) is 12.4. The molecule has 0 N–H and O–H groups in total. The van der Waals surface area contributed by atoms with Crippen molar-refractivity contribution in [1.82, 2.24) is 24.3 Å². The van der Waals surface area contributed by atoms with Crippen molar-refractivity contribution in [2.24, 2.45) is 0 Å². The summed E-state index contributed by atoms with van der Waals surface area (Å²) in [6.07, 6.45) is -27.9. The Morgan fingerprint density at radius 2 is 0.913 bits per heavy atom. The molecule has 0 radical (unpaired) electrons. The zero-order valence-corrected chi connectivity index (χ0v) is 21.1. The first-order valence-electron chi connectivity index (χ1n) is 12.0. The summed E-state index contributed by atoms with van der Waals surface area (Å²) >= 11 is 0. The number of hydrogen-bond donors (Lipinski definition) is 0. The highest BCUT2D eigenvalue weighted by molar-refractivity contribution is 6.38. The zero-order chi connectivity index (χ0) is 33.7. The first kappa shape index (κ1) is 29.8. The van der Waals surface area contributed by atoms with Gasteiger partial charge >= 0.3 is 30.9 Å². The van der Waals surface area contributed by atoms with Crippen LogP contribution in [0, 0.1) is 0 Å². The Balaban J connectivity index is 1.98. The summed E-state index contributed by atoms with van der Waals surface area (Å²) in [5.41, 5.74) is -9.46. The fourth-order valence-corrected chi connectivity index (χ4v) is 5.60. The topological polar surface area (TPSA) is 69.1 Å². The Kier molecular flexibility index (Phi) is 5.51. The molecule has 0 bridgehead atoms. The third kappa shape index (κ3) is 3.95. The third-order valence-electron chi connectivity index (χ3n) is 7.06. The Labute approximate surface area is 239 Å². The first-order valence-corrected chi connectivity index (χ1v) is 12.0. The number of furan rings is 1. The summed E-state index contributed by atoms with van der Waals surface area (Å²) in [5.74, 6) is -9.92. The summed E-state index contributed by atoms with van der Waals surface area (Å²) in [6.45, 7) is 0. The fraction of sp³-hybridized carbons (Fsp3) is 0.200. The Morgan fingerprint density at radius 3 is 1.35 bits per heavy atom. The molecule has 0 saturated heterocycles. The van der Waals surface area contributed by atoms with E-state index in [0.29, 0.717) is 4.40 Å². The van der Waals surface area contributed by atoms with E-state index in [0.717, 1.165) is 24.4 Å². The number of alkyl halides is 15. The van der Waals surface area contributed by atoms with Crippen LogP contribution in [0.1, 0.15) is 28.7 Å². The molecule has 0 fully saturated rings. The van der Waals surface area contributed by atoms with Crippen molar-refractivity contribution in [2.75, 3.05) is 0 Å². The molecule has 7 aromatic rings. The summed E-state index contributed by atoms with van der Waals surface area (Å²) in [6, 6.07) is 2.87. The Hall–Kier alpha value is -4.85. The molecule has 7 rings (SSSR count). The van der Waals surface area contributed by atoms with Crippen LogP contribution in [0.15, 0.2) is 28.8 Å². The fourth-order valence-electron chi connectivity index (χ4n) is 5.60. The second-order valence-corrected chi connectivity index (χ2v) is 9.79. The third-order valence-corrected chi connectivity index (χ3v) is 7.06. The van der Waals surface area contributed by atoms with Crippen LogP contribution in [0.3, 0.4) is 0 Å². The molecule has 0 aliphatic rings. The van der Waals surface area contributed by atoms with E-state index in [-0.39, 0.29) is 0 Å². The highest BCUT2D eigenvalue weighted by atomic mass is 19.4. The molecule has 0 aliphatic heterocycles. The molecular formula is C25H4F15N5O. The number of halogens is 15. The van der Waals surface area contributed by atoms with Crippen molar-refractivity contribution in [2.45, 2.75) is 30.9 Å². The molecule has 46 heavy (non-hydrogen) atoms. The van der Waals surface area contributed by atoms with Crippen LogP contribution in [0.4, 0.5) is 65.9 Å². The van der Waals surface area contributed by atoms with Crippen LogP contribution >= 0.6 is 0 Å². The van der Waals surface area contributed by atoms with Gasteiger partial charge in [-0.25, -0.2) is 19.9 Å². The molecule has 2 aromatic carbocycles. The van der Waals surface area contributed by atoms with Gasteiger partial charge < -0.3 is 8.82 Å². The van der Waals surface area contributed by atoms with Crippen molar-refractivity contribution >= 4 is 60.0 Å². The number of fused-ring (bicyclic) bond motifs is 8. The summed E-state index contributed by atoms with van der Waals surface area (Å²) < 4.78 is 218. The largest absolute Gasteiger partial charge is 0.451 e. The predicted octanol–water partition coefficient (Wildman–Crippen LogP) is 9.41. The van der Waals surface area contributed by atoms with Crippen LogP contribution in [-0.2, 0) is 30.9 Å². The maximum Gasteiger partial charge on any atom is 0.451 e. The molecule has 21 heteroatoms. The van der Waals surface area contributed by atoms with Crippen LogP contribution in [0.2, 0.25) is 0 Å². The number of nitrogens with zero attached hydrogens (tertiary/aromatic N) is 5. The predicted molar refractivity (Wildman–Crippen MR) is 125 cm³/mol. The maximum atomic E-state index is 14.6. The molecule has 6 nitrogen and oxygen atoms in total. The number of benzene rings is 2. The smallest absolute Gasteiger partial charge is 0.445 e. The molecule has 5 aromatic heterocycles. The quantitative estimate of drug-likeness (QED) is 0.118. The molecule has 0 aliphatic carbocycles. The lowest BCUT2D eigenvalue weighted by Crippen LogP contribution is -2.15. The summed E-state index contributed by atoms with van der Waals surface area (Å²) in [5, 5.41) is -7.44. The second kappa shape index (κ2) is 8.49. The second-order valence-electron chi connectivity index (χ2n) is 9.79. The van der Waals surface area contributed by atoms with E-state index >= 15 is 0 Å².